The molecule has 2 nitrogen and oxygen atoms in total. The van der Waals surface area contributed by atoms with Gasteiger partial charge in [0.25, 0.3) is 0 Å². The molecule has 2 heterocycles. The van der Waals surface area contributed by atoms with Crippen molar-refractivity contribution in [3.63, 3.8) is 0 Å². The average Bonchev–Trinajstić information content (AvgIpc) is 4.08. The van der Waals surface area contributed by atoms with E-state index < -0.39 is 0 Å². The first-order valence-corrected chi connectivity index (χ1v) is 24.4. The van der Waals surface area contributed by atoms with Gasteiger partial charge in [-0.05, 0) is 155 Å². The lowest BCUT2D eigenvalue weighted by molar-refractivity contribution is 0.498. The summed E-state index contributed by atoms with van der Waals surface area (Å²) in [5.41, 5.74) is 13.8. The molecule has 2 aliphatic rings. The van der Waals surface area contributed by atoms with Crippen LogP contribution in [0.4, 0.5) is 0 Å². The Bertz CT molecular complexity index is 3950. The van der Waals surface area contributed by atoms with E-state index in [-0.39, 0.29) is 6.04 Å². The second kappa shape index (κ2) is 15.8. The Kier molecular flexibility index (Phi) is 9.08. The summed E-state index contributed by atoms with van der Waals surface area (Å²) in [6.45, 7) is 0. The first kappa shape index (κ1) is 39.1. The van der Waals surface area contributed by atoms with Crippen molar-refractivity contribution < 1.29 is 0 Å². The third-order valence-corrected chi connectivity index (χ3v) is 15.5. The average molecular weight is 869 g/mol. The summed E-state index contributed by atoms with van der Waals surface area (Å²) in [5.74, 6) is 1.59. The maximum atomic E-state index is 5.86. The van der Waals surface area contributed by atoms with Crippen LogP contribution in [-0.2, 0) is 0 Å². The molecule has 1 saturated carbocycles. The number of aliphatic imine (C=N–C) groups is 1. The fourth-order valence-corrected chi connectivity index (χ4v) is 12.1. The normalized spacial score (nSPS) is 19.0. The van der Waals surface area contributed by atoms with Crippen molar-refractivity contribution in [2.24, 2.45) is 16.8 Å². The van der Waals surface area contributed by atoms with Crippen molar-refractivity contribution in [2.45, 2.75) is 31.2 Å². The first-order chi connectivity index (χ1) is 33.7. The van der Waals surface area contributed by atoms with E-state index >= 15 is 0 Å². The van der Waals surface area contributed by atoms with Crippen LogP contribution < -0.4 is 0 Å². The van der Waals surface area contributed by atoms with Gasteiger partial charge in [-0.15, -0.1) is 0 Å². The molecule has 4 atom stereocenters. The van der Waals surface area contributed by atoms with E-state index in [2.05, 4.69) is 235 Å². The predicted octanol–water partition coefficient (Wildman–Crippen LogP) is 17.5. The Hall–Kier alpha value is -8.07. The molecule has 68 heavy (non-hydrogen) atoms. The predicted molar refractivity (Wildman–Crippen MR) is 287 cm³/mol. The van der Waals surface area contributed by atoms with Crippen LogP contribution in [0.3, 0.4) is 0 Å². The summed E-state index contributed by atoms with van der Waals surface area (Å²) in [4.78, 5) is 5.86. The van der Waals surface area contributed by atoms with Crippen LogP contribution in [0, 0.1) is 11.8 Å². The molecule has 322 valence electrons. The molecule has 0 spiro atoms. The molecular weight excluding hydrogens is 821 g/mol. The molecule has 1 aliphatic carbocycles. The van der Waals surface area contributed by atoms with Gasteiger partial charge in [0.05, 0.1) is 17.1 Å². The summed E-state index contributed by atoms with van der Waals surface area (Å²) in [7, 11) is 0. The molecule has 11 aromatic carbocycles. The van der Waals surface area contributed by atoms with Gasteiger partial charge in [0.1, 0.15) is 0 Å². The Labute approximate surface area is 396 Å². The number of fused-ring (bicyclic) bond motifs is 11. The molecule has 1 fully saturated rings. The van der Waals surface area contributed by atoms with Crippen LogP contribution in [0.25, 0.3) is 92.8 Å². The molecule has 4 unspecified atom stereocenters. The first-order valence-electron chi connectivity index (χ1n) is 24.4. The van der Waals surface area contributed by atoms with Gasteiger partial charge in [0.2, 0.25) is 0 Å². The fourth-order valence-electron chi connectivity index (χ4n) is 12.1. The Morgan fingerprint density at radius 3 is 1.84 bits per heavy atom. The van der Waals surface area contributed by atoms with Gasteiger partial charge in [-0.3, -0.25) is 4.99 Å². The van der Waals surface area contributed by atoms with E-state index in [9.17, 15) is 0 Å². The van der Waals surface area contributed by atoms with Crippen molar-refractivity contribution in [1.82, 2.24) is 4.57 Å². The van der Waals surface area contributed by atoms with Gasteiger partial charge in [-0.1, -0.05) is 194 Å². The molecule has 14 rings (SSSR count). The second-order valence-electron chi connectivity index (χ2n) is 19.4. The van der Waals surface area contributed by atoms with Crippen molar-refractivity contribution in [3.8, 4) is 27.9 Å². The van der Waals surface area contributed by atoms with Gasteiger partial charge >= 0.3 is 0 Å². The molecule has 1 aliphatic heterocycles. The van der Waals surface area contributed by atoms with Crippen molar-refractivity contribution in [1.29, 1.82) is 0 Å². The van der Waals surface area contributed by atoms with Gasteiger partial charge in [0.15, 0.2) is 0 Å². The summed E-state index contributed by atoms with van der Waals surface area (Å²) in [6, 6.07) is 86.0. The topological polar surface area (TPSA) is 17.3 Å². The standard InChI is InChI=1S/C66H48N2/c1-3-14-42(15-4-1)44-26-28-45(29-27-44)50-36-51-40-59(51)66(67-62(41-50)46-17-5-2-6-18-46)49-31-34-58-60(39-49)55-21-10-9-20-54(55)57-24-13-23-53(65(57)58)48-32-35-64-61(38-48)56-22-11-12-25-63(56)68(64)52-33-30-43-16-7-8-19-47(43)37-52/h1-35,37-39,50-51,59,66H,36,40-41H2/b67-62+. The molecular formula is C66H48N2. The van der Waals surface area contributed by atoms with E-state index in [1.54, 1.807) is 0 Å². The van der Waals surface area contributed by atoms with Gasteiger partial charge in [-0.2, -0.15) is 0 Å². The molecule has 0 N–H and O–H groups in total. The maximum Gasteiger partial charge on any atom is 0.0783 e. The molecule has 2 heteroatoms. The highest BCUT2D eigenvalue weighted by molar-refractivity contribution is 6.28. The van der Waals surface area contributed by atoms with Crippen molar-refractivity contribution in [2.75, 3.05) is 0 Å². The molecule has 1 aromatic heterocycles. The zero-order valence-corrected chi connectivity index (χ0v) is 37.8. The lowest BCUT2D eigenvalue weighted by Gasteiger charge is -2.25. The van der Waals surface area contributed by atoms with Crippen LogP contribution in [0.15, 0.2) is 236 Å². The minimum Gasteiger partial charge on any atom is -0.309 e. The van der Waals surface area contributed by atoms with Crippen molar-refractivity contribution >= 4 is 70.6 Å². The molecule has 0 radical (unpaired) electrons. The number of aromatic nitrogens is 1. The lowest BCUT2D eigenvalue weighted by atomic mass is 9.83. The highest BCUT2D eigenvalue weighted by atomic mass is 15.0. The lowest BCUT2D eigenvalue weighted by Crippen LogP contribution is -2.16. The minimum atomic E-state index is 0.105. The minimum absolute atomic E-state index is 0.105. The van der Waals surface area contributed by atoms with E-state index in [4.69, 9.17) is 4.99 Å². The van der Waals surface area contributed by atoms with Gasteiger partial charge in [0, 0.05) is 22.2 Å². The molecule has 12 aromatic rings. The zero-order chi connectivity index (χ0) is 44.7. The number of para-hydroxylation sites is 1. The largest absolute Gasteiger partial charge is 0.309 e. The highest BCUT2D eigenvalue weighted by Crippen LogP contribution is 2.56. The number of hydrogen-bond donors (Lipinski definition) is 0. The van der Waals surface area contributed by atoms with Crippen LogP contribution >= 0.6 is 0 Å². The van der Waals surface area contributed by atoms with Crippen LogP contribution in [0.1, 0.15) is 47.9 Å². The SMILES string of the molecule is c1ccc(/C2=N/C(c3ccc4c(c3)c3ccccc3c3cccc(-c5ccc6c(c5)c5ccccc5n6-c5ccc6ccccc6c5)c34)C3CC3CC(c3ccc(-c4ccccc4)cc3)C2)cc1. The van der Waals surface area contributed by atoms with E-state index in [1.807, 2.05) is 0 Å². The van der Waals surface area contributed by atoms with E-state index in [1.165, 1.54) is 128 Å². The molecule has 0 saturated heterocycles. The summed E-state index contributed by atoms with van der Waals surface area (Å²) < 4.78 is 2.43. The van der Waals surface area contributed by atoms with Crippen molar-refractivity contribution in [3.05, 3.63) is 247 Å². The Morgan fingerprint density at radius 2 is 1.01 bits per heavy atom. The number of nitrogens with zero attached hydrogens (tertiary/aromatic N) is 2. The van der Waals surface area contributed by atoms with E-state index in [0.717, 1.165) is 6.42 Å². The van der Waals surface area contributed by atoms with Gasteiger partial charge < -0.3 is 4.57 Å². The fraction of sp³-hybridized carbons (Fsp3) is 0.106. The smallest absolute Gasteiger partial charge is 0.0783 e. The van der Waals surface area contributed by atoms with Crippen LogP contribution in [0.2, 0.25) is 0 Å². The van der Waals surface area contributed by atoms with Crippen LogP contribution in [0.5, 0.6) is 0 Å². The number of benzene rings is 11. The third-order valence-electron chi connectivity index (χ3n) is 15.5. The van der Waals surface area contributed by atoms with Crippen LogP contribution in [-0.4, -0.2) is 10.3 Å². The zero-order valence-electron chi connectivity index (χ0n) is 37.8. The number of hydrogen-bond acceptors (Lipinski definition) is 1. The Morgan fingerprint density at radius 1 is 0.382 bits per heavy atom. The second-order valence-corrected chi connectivity index (χ2v) is 19.4. The number of rotatable bonds is 6. The molecule has 0 bridgehead atoms. The summed E-state index contributed by atoms with van der Waals surface area (Å²) in [6.07, 6.45) is 3.34. The van der Waals surface area contributed by atoms with Gasteiger partial charge in [-0.25, -0.2) is 0 Å². The maximum absolute atomic E-state index is 5.86. The molecule has 0 amide bonds. The van der Waals surface area contributed by atoms with E-state index in [0.29, 0.717) is 17.8 Å². The third kappa shape index (κ3) is 6.50. The highest BCUT2D eigenvalue weighted by Gasteiger charge is 2.46. The quantitative estimate of drug-likeness (QED) is 0.148. The summed E-state index contributed by atoms with van der Waals surface area (Å²) >= 11 is 0. The monoisotopic (exact) mass is 868 g/mol. The summed E-state index contributed by atoms with van der Waals surface area (Å²) in [5, 5.41) is 12.8. The Balaban J connectivity index is 0.898.